The Balaban J connectivity index is 1.46. The number of fused-ring (bicyclic) bond motifs is 1. The highest BCUT2D eigenvalue weighted by Gasteiger charge is 2.19. The highest BCUT2D eigenvalue weighted by Crippen LogP contribution is 2.33. The molecule has 34 heavy (non-hydrogen) atoms. The quantitative estimate of drug-likeness (QED) is 0.595. The van der Waals surface area contributed by atoms with Crippen LogP contribution in [0, 0.1) is 13.8 Å². The third-order valence-electron chi connectivity index (χ3n) is 6.21. The van der Waals surface area contributed by atoms with Gasteiger partial charge in [0.15, 0.2) is 11.5 Å². The van der Waals surface area contributed by atoms with Gasteiger partial charge in [0, 0.05) is 48.3 Å². The van der Waals surface area contributed by atoms with E-state index in [1.807, 2.05) is 68.7 Å². The van der Waals surface area contributed by atoms with Gasteiger partial charge >= 0.3 is 0 Å². The van der Waals surface area contributed by atoms with E-state index in [9.17, 15) is 9.59 Å². The highest BCUT2D eigenvalue weighted by molar-refractivity contribution is 5.96. The maximum atomic E-state index is 13.0. The summed E-state index contributed by atoms with van der Waals surface area (Å²) in [7, 11) is 1.79. The molecule has 0 spiro atoms. The Hall–Kier alpha value is -3.74. The van der Waals surface area contributed by atoms with Gasteiger partial charge in [0.25, 0.3) is 11.8 Å². The van der Waals surface area contributed by atoms with Crippen molar-refractivity contribution in [3.05, 3.63) is 76.6 Å². The third kappa shape index (κ3) is 4.64. The topological polar surface area (TPSA) is 72.8 Å². The van der Waals surface area contributed by atoms with Crippen molar-refractivity contribution in [1.29, 1.82) is 0 Å². The summed E-state index contributed by atoms with van der Waals surface area (Å²) in [5.74, 6) is 1.29. The van der Waals surface area contributed by atoms with Crippen molar-refractivity contribution >= 4 is 11.8 Å². The van der Waals surface area contributed by atoms with Crippen molar-refractivity contribution in [2.45, 2.75) is 40.3 Å². The molecule has 1 aliphatic heterocycles. The molecular weight excluding hydrogens is 430 g/mol. The molecule has 2 aromatic carbocycles. The number of hydrogen-bond acceptors (Lipinski definition) is 4. The fraction of sp³-hybridized carbons (Fsp3) is 0.333. The maximum absolute atomic E-state index is 13.0. The second-order valence-corrected chi connectivity index (χ2v) is 8.84. The van der Waals surface area contributed by atoms with Crippen LogP contribution in [0.4, 0.5) is 0 Å². The molecule has 2 heterocycles. The Morgan fingerprint density at radius 3 is 2.35 bits per heavy atom. The number of carbonyl (C=O) groups excluding carboxylic acids is 2. The van der Waals surface area contributed by atoms with Crippen molar-refractivity contribution in [2.24, 2.45) is 0 Å². The van der Waals surface area contributed by atoms with Crippen molar-refractivity contribution < 1.29 is 19.1 Å². The van der Waals surface area contributed by atoms with E-state index in [2.05, 4.69) is 5.32 Å². The zero-order valence-corrected chi connectivity index (χ0v) is 20.3. The van der Waals surface area contributed by atoms with E-state index in [-0.39, 0.29) is 17.9 Å². The Bertz CT molecular complexity index is 1210. The van der Waals surface area contributed by atoms with E-state index < -0.39 is 0 Å². The first kappa shape index (κ1) is 23.4. The summed E-state index contributed by atoms with van der Waals surface area (Å²) >= 11 is 0. The summed E-state index contributed by atoms with van der Waals surface area (Å²) in [5.41, 5.74) is 4.91. The van der Waals surface area contributed by atoms with Crippen molar-refractivity contribution in [3.63, 3.8) is 0 Å². The zero-order valence-electron chi connectivity index (χ0n) is 20.3. The Morgan fingerprint density at radius 2 is 1.68 bits per heavy atom. The zero-order chi connectivity index (χ0) is 24.4. The second-order valence-electron chi connectivity index (χ2n) is 8.84. The minimum absolute atomic E-state index is 0.0165. The van der Waals surface area contributed by atoms with E-state index in [0.717, 1.165) is 28.4 Å². The van der Waals surface area contributed by atoms with Gasteiger partial charge < -0.3 is 24.3 Å². The SMILES string of the molecule is Cc1cc(C(=O)NCc2ccc(C(=O)N(C)C(C)C)cc2)c(C)n1-c1ccc2c(c1)OCCO2. The molecular formula is C27H31N3O4. The van der Waals surface area contributed by atoms with Crippen molar-refractivity contribution in [1.82, 2.24) is 14.8 Å². The first-order valence-electron chi connectivity index (χ1n) is 11.5. The molecule has 1 N–H and O–H groups in total. The number of hydrogen-bond donors (Lipinski definition) is 1. The summed E-state index contributed by atoms with van der Waals surface area (Å²) in [6, 6.07) is 15.2. The van der Waals surface area contributed by atoms with Crippen LogP contribution in [0.2, 0.25) is 0 Å². The molecule has 0 fully saturated rings. The van der Waals surface area contributed by atoms with E-state index >= 15 is 0 Å². The Kier molecular flexibility index (Phi) is 6.63. The maximum Gasteiger partial charge on any atom is 0.253 e. The molecule has 0 radical (unpaired) electrons. The molecule has 0 aliphatic carbocycles. The summed E-state index contributed by atoms with van der Waals surface area (Å²) in [6.45, 7) is 9.32. The minimum Gasteiger partial charge on any atom is -0.486 e. The van der Waals surface area contributed by atoms with Crippen LogP contribution < -0.4 is 14.8 Å². The van der Waals surface area contributed by atoms with Gasteiger partial charge in [-0.05, 0) is 63.6 Å². The molecule has 2 amide bonds. The highest BCUT2D eigenvalue weighted by atomic mass is 16.6. The van der Waals surface area contributed by atoms with Crippen LogP contribution in [0.5, 0.6) is 11.5 Å². The molecule has 0 saturated carbocycles. The number of aryl methyl sites for hydroxylation is 1. The first-order valence-corrected chi connectivity index (χ1v) is 11.5. The molecule has 3 aromatic rings. The molecule has 0 unspecified atom stereocenters. The van der Waals surface area contributed by atoms with Crippen LogP contribution in [0.15, 0.2) is 48.5 Å². The summed E-state index contributed by atoms with van der Waals surface area (Å²) < 4.78 is 13.4. The van der Waals surface area contributed by atoms with Gasteiger partial charge in [-0.25, -0.2) is 0 Å². The van der Waals surface area contributed by atoms with Gasteiger partial charge in [-0.1, -0.05) is 12.1 Å². The molecule has 4 rings (SSSR count). The van der Waals surface area contributed by atoms with Crippen molar-refractivity contribution in [3.8, 4) is 17.2 Å². The molecule has 0 atom stereocenters. The van der Waals surface area contributed by atoms with Crippen LogP contribution in [0.1, 0.15) is 51.5 Å². The lowest BCUT2D eigenvalue weighted by molar-refractivity contribution is 0.0754. The Morgan fingerprint density at radius 1 is 1.00 bits per heavy atom. The van der Waals surface area contributed by atoms with Crippen LogP contribution in [0.25, 0.3) is 5.69 Å². The number of nitrogens with zero attached hydrogens (tertiary/aromatic N) is 2. The van der Waals surface area contributed by atoms with Gasteiger partial charge in [-0.3, -0.25) is 9.59 Å². The van der Waals surface area contributed by atoms with Gasteiger partial charge in [0.05, 0.1) is 5.56 Å². The molecule has 1 aromatic heterocycles. The number of rotatable bonds is 6. The normalized spacial score (nSPS) is 12.5. The lowest BCUT2D eigenvalue weighted by Crippen LogP contribution is -2.32. The predicted molar refractivity (Wildman–Crippen MR) is 131 cm³/mol. The molecule has 178 valence electrons. The number of carbonyl (C=O) groups is 2. The fourth-order valence-corrected chi connectivity index (χ4v) is 4.04. The lowest BCUT2D eigenvalue weighted by atomic mass is 10.1. The molecule has 7 nitrogen and oxygen atoms in total. The van der Waals surface area contributed by atoms with Gasteiger partial charge in [0.2, 0.25) is 0 Å². The summed E-state index contributed by atoms with van der Waals surface area (Å²) in [5, 5.41) is 3.00. The smallest absolute Gasteiger partial charge is 0.253 e. The van der Waals surface area contributed by atoms with E-state index in [0.29, 0.717) is 36.6 Å². The van der Waals surface area contributed by atoms with Gasteiger partial charge in [0.1, 0.15) is 13.2 Å². The molecule has 0 saturated heterocycles. The van der Waals surface area contributed by atoms with E-state index in [4.69, 9.17) is 9.47 Å². The molecule has 1 aliphatic rings. The standard InChI is InChI=1S/C27H31N3O4/c1-17(2)29(5)27(32)21-8-6-20(7-9-21)16-28-26(31)23-14-18(3)30(19(23)4)22-10-11-24-25(15-22)34-13-12-33-24/h6-11,14-15,17H,12-13,16H2,1-5H3,(H,28,31). The van der Waals surface area contributed by atoms with Crippen molar-refractivity contribution in [2.75, 3.05) is 20.3 Å². The number of aromatic nitrogens is 1. The fourth-order valence-electron chi connectivity index (χ4n) is 4.04. The monoisotopic (exact) mass is 461 g/mol. The number of amides is 2. The average molecular weight is 462 g/mol. The average Bonchev–Trinajstić information content (AvgIpc) is 3.15. The molecule has 7 heteroatoms. The van der Waals surface area contributed by atoms with E-state index in [1.54, 1.807) is 24.1 Å². The van der Waals surface area contributed by atoms with Crippen LogP contribution >= 0.6 is 0 Å². The summed E-state index contributed by atoms with van der Waals surface area (Å²) in [6.07, 6.45) is 0. The number of nitrogens with one attached hydrogen (secondary N) is 1. The minimum atomic E-state index is -0.142. The largest absolute Gasteiger partial charge is 0.486 e. The number of benzene rings is 2. The first-order chi connectivity index (χ1) is 16.3. The number of ether oxygens (including phenoxy) is 2. The Labute approximate surface area is 200 Å². The van der Waals surface area contributed by atoms with Gasteiger partial charge in [-0.15, -0.1) is 0 Å². The molecule has 0 bridgehead atoms. The predicted octanol–water partition coefficient (Wildman–Crippen LogP) is 4.28. The second kappa shape index (κ2) is 9.63. The van der Waals surface area contributed by atoms with Crippen LogP contribution in [-0.4, -0.2) is 47.6 Å². The van der Waals surface area contributed by atoms with E-state index in [1.165, 1.54) is 0 Å². The summed E-state index contributed by atoms with van der Waals surface area (Å²) in [4.78, 5) is 27.1. The van der Waals surface area contributed by atoms with Gasteiger partial charge in [-0.2, -0.15) is 0 Å². The third-order valence-corrected chi connectivity index (χ3v) is 6.21. The lowest BCUT2D eigenvalue weighted by Gasteiger charge is -2.21. The van der Waals surface area contributed by atoms with Crippen LogP contribution in [0.3, 0.4) is 0 Å². The van der Waals surface area contributed by atoms with Crippen LogP contribution in [-0.2, 0) is 6.54 Å².